The Balaban J connectivity index is 1.66. The van der Waals surface area contributed by atoms with Crippen LogP contribution in [-0.2, 0) is 4.79 Å². The summed E-state index contributed by atoms with van der Waals surface area (Å²) in [5.74, 6) is -2.88. The van der Waals surface area contributed by atoms with Crippen LogP contribution in [0, 0.1) is 5.92 Å². The number of nitrogens with two attached hydrogens (primary N) is 1. The number of nitrogens with zero attached hydrogens (tertiary/aromatic N) is 1. The molecule has 0 bridgehead atoms. The minimum atomic E-state index is -4.38. The SMILES string of the molecule is C[C@@H](NC(=O)CCC(F)(F)F)c1ccc2nc([C@@H](N)C3CCC(F)(F)CC3)[nH]c2c1. The van der Waals surface area contributed by atoms with E-state index in [1.807, 2.05) is 0 Å². The van der Waals surface area contributed by atoms with Gasteiger partial charge in [-0.2, -0.15) is 13.2 Å². The number of carbonyl (C=O) groups excluding carboxylic acids is 1. The van der Waals surface area contributed by atoms with Gasteiger partial charge in [0.05, 0.1) is 29.5 Å². The Morgan fingerprint density at radius 1 is 1.33 bits per heavy atom. The third-order valence-electron chi connectivity index (χ3n) is 5.62. The summed E-state index contributed by atoms with van der Waals surface area (Å²) < 4.78 is 63.5. The Kier molecular flexibility index (Phi) is 6.35. The third-order valence-corrected chi connectivity index (χ3v) is 5.62. The highest BCUT2D eigenvalue weighted by Gasteiger charge is 2.37. The quantitative estimate of drug-likeness (QED) is 0.568. The van der Waals surface area contributed by atoms with Crippen molar-refractivity contribution in [3.63, 3.8) is 0 Å². The second-order valence-electron chi connectivity index (χ2n) is 8.02. The first-order valence-electron chi connectivity index (χ1n) is 9.93. The molecule has 1 aliphatic carbocycles. The van der Waals surface area contributed by atoms with Gasteiger partial charge in [0.25, 0.3) is 0 Å². The number of nitrogens with one attached hydrogen (secondary N) is 2. The second-order valence-corrected chi connectivity index (χ2v) is 8.02. The van der Waals surface area contributed by atoms with Gasteiger partial charge >= 0.3 is 6.18 Å². The van der Waals surface area contributed by atoms with Crippen LogP contribution in [0.3, 0.4) is 0 Å². The number of imidazole rings is 1. The van der Waals surface area contributed by atoms with Crippen molar-refractivity contribution < 1.29 is 26.7 Å². The Morgan fingerprint density at radius 2 is 2.00 bits per heavy atom. The fourth-order valence-corrected chi connectivity index (χ4v) is 3.77. The number of alkyl halides is 5. The maximum Gasteiger partial charge on any atom is 0.389 e. The predicted molar refractivity (Wildman–Crippen MR) is 102 cm³/mol. The molecule has 1 aromatic carbocycles. The van der Waals surface area contributed by atoms with E-state index in [0.29, 0.717) is 35.3 Å². The maximum atomic E-state index is 13.4. The van der Waals surface area contributed by atoms with Crippen LogP contribution in [0.4, 0.5) is 22.0 Å². The number of aromatic nitrogens is 2. The van der Waals surface area contributed by atoms with Gasteiger partial charge in [0.1, 0.15) is 5.82 Å². The summed E-state index contributed by atoms with van der Waals surface area (Å²) in [6, 6.07) is 4.23. The van der Waals surface area contributed by atoms with E-state index in [0.717, 1.165) is 0 Å². The largest absolute Gasteiger partial charge is 0.389 e. The van der Waals surface area contributed by atoms with E-state index < -0.39 is 42.9 Å². The molecule has 166 valence electrons. The van der Waals surface area contributed by atoms with Crippen LogP contribution in [0.5, 0.6) is 0 Å². The molecule has 4 N–H and O–H groups in total. The molecule has 1 saturated carbocycles. The van der Waals surface area contributed by atoms with Crippen molar-refractivity contribution in [2.75, 3.05) is 0 Å². The van der Waals surface area contributed by atoms with Crippen molar-refractivity contribution in [2.45, 2.75) is 69.6 Å². The lowest BCUT2D eigenvalue weighted by molar-refractivity contribution is -0.144. The number of benzene rings is 1. The number of amides is 1. The maximum absolute atomic E-state index is 13.4. The summed E-state index contributed by atoms with van der Waals surface area (Å²) in [7, 11) is 0. The molecule has 0 saturated heterocycles. The van der Waals surface area contributed by atoms with Gasteiger partial charge in [-0.1, -0.05) is 6.07 Å². The summed E-state index contributed by atoms with van der Waals surface area (Å²) in [4.78, 5) is 19.3. The van der Waals surface area contributed by atoms with E-state index in [1.165, 1.54) is 0 Å². The zero-order chi connectivity index (χ0) is 22.1. The normalized spacial score (nSPS) is 19.6. The van der Waals surface area contributed by atoms with Gasteiger partial charge in [0.2, 0.25) is 11.8 Å². The zero-order valence-corrected chi connectivity index (χ0v) is 16.5. The van der Waals surface area contributed by atoms with E-state index in [2.05, 4.69) is 15.3 Å². The first-order chi connectivity index (χ1) is 13.9. The summed E-state index contributed by atoms with van der Waals surface area (Å²) in [5.41, 5.74) is 8.27. The molecule has 3 rings (SSSR count). The van der Waals surface area contributed by atoms with Crippen LogP contribution < -0.4 is 11.1 Å². The van der Waals surface area contributed by atoms with Gasteiger partial charge in [-0.25, -0.2) is 13.8 Å². The van der Waals surface area contributed by atoms with E-state index in [1.54, 1.807) is 25.1 Å². The van der Waals surface area contributed by atoms with Gasteiger partial charge < -0.3 is 16.0 Å². The number of H-pyrrole nitrogens is 1. The third kappa shape index (κ3) is 5.68. The Morgan fingerprint density at radius 3 is 2.63 bits per heavy atom. The molecule has 1 aromatic heterocycles. The van der Waals surface area contributed by atoms with Crippen LogP contribution >= 0.6 is 0 Å². The number of hydrogen-bond acceptors (Lipinski definition) is 3. The van der Waals surface area contributed by atoms with E-state index in [-0.39, 0.29) is 18.8 Å². The zero-order valence-electron chi connectivity index (χ0n) is 16.5. The van der Waals surface area contributed by atoms with Crippen molar-refractivity contribution >= 4 is 16.9 Å². The lowest BCUT2D eigenvalue weighted by Gasteiger charge is -2.31. The average Bonchev–Trinajstić information content (AvgIpc) is 3.08. The highest BCUT2D eigenvalue weighted by molar-refractivity contribution is 5.78. The van der Waals surface area contributed by atoms with Crippen molar-refractivity contribution in [3.05, 3.63) is 29.6 Å². The molecule has 2 aromatic rings. The number of halogens is 5. The standard InChI is InChI=1S/C20H25F5N4O/c1-11(27-16(30)6-9-20(23,24)25)13-2-3-14-15(10-13)29-18(28-14)17(26)12-4-7-19(21,22)8-5-12/h2-3,10-12,17H,4-9,26H2,1H3,(H,27,30)(H,28,29)/t11-,17+/m1/s1. The van der Waals surface area contributed by atoms with Crippen molar-refractivity contribution in [1.29, 1.82) is 0 Å². The second kappa shape index (κ2) is 8.49. The number of carbonyl (C=O) groups is 1. The Hall–Kier alpha value is -2.23. The molecule has 0 unspecified atom stereocenters. The van der Waals surface area contributed by atoms with E-state index in [9.17, 15) is 26.7 Å². The minimum absolute atomic E-state index is 0.0866. The number of rotatable bonds is 6. The summed E-state index contributed by atoms with van der Waals surface area (Å²) >= 11 is 0. The lowest BCUT2D eigenvalue weighted by atomic mass is 9.82. The number of aromatic amines is 1. The molecule has 1 aliphatic rings. The van der Waals surface area contributed by atoms with Crippen LogP contribution in [0.25, 0.3) is 11.0 Å². The van der Waals surface area contributed by atoms with Gasteiger partial charge in [0, 0.05) is 19.3 Å². The molecule has 2 atom stereocenters. The summed E-state index contributed by atoms with van der Waals surface area (Å²) in [6.07, 6.45) is -5.87. The molecular weight excluding hydrogens is 407 g/mol. The van der Waals surface area contributed by atoms with Gasteiger partial charge in [-0.05, 0) is 43.4 Å². The molecule has 1 heterocycles. The first-order valence-corrected chi connectivity index (χ1v) is 9.93. The molecule has 1 fully saturated rings. The molecule has 0 radical (unpaired) electrons. The molecule has 0 aliphatic heterocycles. The molecule has 1 amide bonds. The molecule has 30 heavy (non-hydrogen) atoms. The molecular formula is C20H25F5N4O. The van der Waals surface area contributed by atoms with Crippen molar-refractivity contribution in [2.24, 2.45) is 11.7 Å². The van der Waals surface area contributed by atoms with Crippen LogP contribution in [0.15, 0.2) is 18.2 Å². The molecule has 5 nitrogen and oxygen atoms in total. The Bertz CT molecular complexity index is 885. The predicted octanol–water partition coefficient (Wildman–Crippen LogP) is 4.91. The monoisotopic (exact) mass is 432 g/mol. The fourth-order valence-electron chi connectivity index (χ4n) is 3.77. The lowest BCUT2D eigenvalue weighted by Crippen LogP contribution is -2.31. The molecule has 10 heteroatoms. The first kappa shape index (κ1) is 22.5. The van der Waals surface area contributed by atoms with E-state index in [4.69, 9.17) is 5.73 Å². The summed E-state index contributed by atoms with van der Waals surface area (Å²) in [6.45, 7) is 1.68. The topological polar surface area (TPSA) is 83.8 Å². The smallest absolute Gasteiger partial charge is 0.350 e. The average molecular weight is 432 g/mol. The number of fused-ring (bicyclic) bond motifs is 1. The van der Waals surface area contributed by atoms with E-state index >= 15 is 0 Å². The summed E-state index contributed by atoms with van der Waals surface area (Å²) in [5, 5.41) is 2.55. The number of hydrogen-bond donors (Lipinski definition) is 3. The fraction of sp³-hybridized carbons (Fsp3) is 0.600. The Labute approximate surface area is 170 Å². The van der Waals surface area contributed by atoms with Crippen LogP contribution in [0.1, 0.15) is 68.9 Å². The highest BCUT2D eigenvalue weighted by atomic mass is 19.4. The van der Waals surface area contributed by atoms with Crippen LogP contribution in [-0.4, -0.2) is 28.0 Å². The van der Waals surface area contributed by atoms with Crippen molar-refractivity contribution in [1.82, 2.24) is 15.3 Å². The molecule has 0 spiro atoms. The van der Waals surface area contributed by atoms with Crippen LogP contribution in [0.2, 0.25) is 0 Å². The van der Waals surface area contributed by atoms with Crippen molar-refractivity contribution in [3.8, 4) is 0 Å². The van der Waals surface area contributed by atoms with Gasteiger partial charge in [-0.3, -0.25) is 4.79 Å². The van der Waals surface area contributed by atoms with Gasteiger partial charge in [0.15, 0.2) is 0 Å². The van der Waals surface area contributed by atoms with Gasteiger partial charge in [-0.15, -0.1) is 0 Å². The minimum Gasteiger partial charge on any atom is -0.350 e. The highest BCUT2D eigenvalue weighted by Crippen LogP contribution is 2.40.